The van der Waals surface area contributed by atoms with Crippen molar-refractivity contribution in [2.75, 3.05) is 24.5 Å². The molecule has 3 nitrogen and oxygen atoms in total. The van der Waals surface area contributed by atoms with E-state index in [-0.39, 0.29) is 11.4 Å². The van der Waals surface area contributed by atoms with Crippen molar-refractivity contribution >= 4 is 11.6 Å². The molecule has 2 aliphatic heterocycles. The van der Waals surface area contributed by atoms with Gasteiger partial charge in [0.05, 0.1) is 0 Å². The van der Waals surface area contributed by atoms with Crippen LogP contribution in [0.15, 0.2) is 18.2 Å². The Morgan fingerprint density at radius 3 is 2.40 bits per heavy atom. The second-order valence-corrected chi connectivity index (χ2v) is 6.88. The summed E-state index contributed by atoms with van der Waals surface area (Å²) in [6.45, 7) is 9.43. The molecular formula is C17H24N2O. The second kappa shape index (κ2) is 4.80. The molecule has 1 aromatic carbocycles. The molecule has 0 radical (unpaired) electrons. The van der Waals surface area contributed by atoms with Crippen LogP contribution in [0.25, 0.3) is 0 Å². The Bertz CT molecular complexity index is 524. The van der Waals surface area contributed by atoms with E-state index in [4.69, 9.17) is 0 Å². The van der Waals surface area contributed by atoms with Gasteiger partial charge in [-0.3, -0.25) is 4.79 Å². The zero-order chi connectivity index (χ0) is 14.3. The molecule has 1 aromatic rings. The van der Waals surface area contributed by atoms with Gasteiger partial charge in [0.25, 0.3) is 5.91 Å². The summed E-state index contributed by atoms with van der Waals surface area (Å²) in [7, 11) is 0. The highest BCUT2D eigenvalue weighted by Gasteiger charge is 2.33. The first-order chi connectivity index (χ1) is 9.48. The molecule has 108 valence electrons. The number of hydrogen-bond donors (Lipinski definition) is 0. The lowest BCUT2D eigenvalue weighted by molar-refractivity contribution is 0.0562. The first kappa shape index (κ1) is 13.5. The molecule has 20 heavy (non-hydrogen) atoms. The average Bonchev–Trinajstić information content (AvgIpc) is 2.91. The minimum Gasteiger partial charge on any atom is -0.371 e. The minimum absolute atomic E-state index is 0.0988. The van der Waals surface area contributed by atoms with Gasteiger partial charge in [0.1, 0.15) is 0 Å². The van der Waals surface area contributed by atoms with Gasteiger partial charge in [0.2, 0.25) is 0 Å². The van der Waals surface area contributed by atoms with Crippen LogP contribution in [-0.2, 0) is 6.42 Å². The highest BCUT2D eigenvalue weighted by molar-refractivity contribution is 5.98. The predicted octanol–water partition coefficient (Wildman–Crippen LogP) is 3.08. The van der Waals surface area contributed by atoms with E-state index in [1.54, 1.807) is 0 Å². The summed E-state index contributed by atoms with van der Waals surface area (Å²) in [6, 6.07) is 6.22. The van der Waals surface area contributed by atoms with Crippen LogP contribution in [-0.4, -0.2) is 36.0 Å². The number of carbonyl (C=O) groups excluding carboxylic acids is 1. The number of carbonyl (C=O) groups is 1. The third-order valence-electron chi connectivity index (χ3n) is 4.47. The highest BCUT2D eigenvalue weighted by atomic mass is 16.2. The van der Waals surface area contributed by atoms with E-state index >= 15 is 0 Å². The standard InChI is InChI=1S/C17H24N2O/c1-17(2,3)19-12-9-13-14(16(19)20)7-6-8-15(13)18-10-4-5-11-18/h6-8H,4-5,9-12H2,1-3H3. The normalized spacial score (nSPS) is 19.4. The Kier molecular flexibility index (Phi) is 3.23. The summed E-state index contributed by atoms with van der Waals surface area (Å²) < 4.78 is 0. The molecule has 1 saturated heterocycles. The molecule has 0 atom stereocenters. The third kappa shape index (κ3) is 2.19. The molecule has 0 unspecified atom stereocenters. The number of rotatable bonds is 1. The van der Waals surface area contributed by atoms with Crippen LogP contribution in [0.3, 0.4) is 0 Å². The first-order valence-electron chi connectivity index (χ1n) is 7.67. The van der Waals surface area contributed by atoms with Crippen molar-refractivity contribution in [3.8, 4) is 0 Å². The fourth-order valence-electron chi connectivity index (χ4n) is 3.40. The maximum atomic E-state index is 12.7. The summed E-state index contributed by atoms with van der Waals surface area (Å²) in [6.07, 6.45) is 3.52. The third-order valence-corrected chi connectivity index (χ3v) is 4.47. The second-order valence-electron chi connectivity index (χ2n) is 6.88. The topological polar surface area (TPSA) is 23.6 Å². The zero-order valence-electron chi connectivity index (χ0n) is 12.8. The van der Waals surface area contributed by atoms with E-state index in [2.05, 4.69) is 31.7 Å². The number of benzene rings is 1. The average molecular weight is 272 g/mol. The van der Waals surface area contributed by atoms with Crippen LogP contribution in [0, 0.1) is 0 Å². The predicted molar refractivity (Wildman–Crippen MR) is 82.4 cm³/mol. The van der Waals surface area contributed by atoms with Gasteiger partial charge in [-0.25, -0.2) is 0 Å². The Balaban J connectivity index is 1.98. The molecule has 1 amide bonds. The molecule has 0 aromatic heterocycles. The molecule has 0 N–H and O–H groups in total. The molecular weight excluding hydrogens is 248 g/mol. The molecule has 3 rings (SSSR count). The maximum absolute atomic E-state index is 12.7. The van der Waals surface area contributed by atoms with Crippen LogP contribution in [0.5, 0.6) is 0 Å². The van der Waals surface area contributed by atoms with Crippen LogP contribution in [0.2, 0.25) is 0 Å². The maximum Gasteiger partial charge on any atom is 0.254 e. The number of nitrogens with zero attached hydrogens (tertiary/aromatic N) is 2. The number of anilines is 1. The zero-order valence-corrected chi connectivity index (χ0v) is 12.8. The van der Waals surface area contributed by atoms with E-state index in [0.717, 1.165) is 31.6 Å². The smallest absolute Gasteiger partial charge is 0.254 e. The number of hydrogen-bond acceptors (Lipinski definition) is 2. The summed E-state index contributed by atoms with van der Waals surface area (Å²) >= 11 is 0. The molecule has 2 heterocycles. The van der Waals surface area contributed by atoms with Gasteiger partial charge in [-0.2, -0.15) is 0 Å². The van der Waals surface area contributed by atoms with Crippen molar-refractivity contribution in [1.29, 1.82) is 0 Å². The van der Waals surface area contributed by atoms with Gasteiger partial charge in [0, 0.05) is 36.4 Å². The molecule has 0 saturated carbocycles. The quantitative estimate of drug-likeness (QED) is 0.784. The monoisotopic (exact) mass is 272 g/mol. The lowest BCUT2D eigenvalue weighted by Crippen LogP contribution is -2.49. The van der Waals surface area contributed by atoms with E-state index in [1.807, 2.05) is 17.0 Å². The van der Waals surface area contributed by atoms with Gasteiger partial charge in [-0.05, 0) is 57.7 Å². The van der Waals surface area contributed by atoms with Crippen LogP contribution in [0.1, 0.15) is 49.5 Å². The minimum atomic E-state index is -0.0988. The van der Waals surface area contributed by atoms with E-state index in [1.165, 1.54) is 24.1 Å². The fourth-order valence-corrected chi connectivity index (χ4v) is 3.40. The van der Waals surface area contributed by atoms with Crippen LogP contribution >= 0.6 is 0 Å². The molecule has 0 bridgehead atoms. The Labute approximate surface area is 121 Å². The summed E-state index contributed by atoms with van der Waals surface area (Å²) in [5.74, 6) is 0.194. The molecule has 2 aliphatic rings. The van der Waals surface area contributed by atoms with Crippen LogP contribution in [0.4, 0.5) is 5.69 Å². The van der Waals surface area contributed by atoms with Crippen molar-refractivity contribution < 1.29 is 4.79 Å². The molecule has 0 aliphatic carbocycles. The van der Waals surface area contributed by atoms with Crippen molar-refractivity contribution in [2.45, 2.75) is 45.6 Å². The van der Waals surface area contributed by atoms with Crippen molar-refractivity contribution in [3.63, 3.8) is 0 Å². The van der Waals surface area contributed by atoms with Gasteiger partial charge in [0.15, 0.2) is 0 Å². The van der Waals surface area contributed by atoms with Crippen LogP contribution < -0.4 is 4.90 Å². The van der Waals surface area contributed by atoms with Crippen molar-refractivity contribution in [2.24, 2.45) is 0 Å². The van der Waals surface area contributed by atoms with Gasteiger partial charge < -0.3 is 9.80 Å². The van der Waals surface area contributed by atoms with E-state index in [9.17, 15) is 4.79 Å². The summed E-state index contributed by atoms with van der Waals surface area (Å²) in [5.41, 5.74) is 3.37. The Morgan fingerprint density at radius 2 is 1.75 bits per heavy atom. The van der Waals surface area contributed by atoms with Crippen molar-refractivity contribution in [3.05, 3.63) is 29.3 Å². The SMILES string of the molecule is CC(C)(C)N1CCc2c(cccc2N2CCCC2)C1=O. The summed E-state index contributed by atoms with van der Waals surface area (Å²) in [5, 5.41) is 0. The highest BCUT2D eigenvalue weighted by Crippen LogP contribution is 2.33. The Morgan fingerprint density at radius 1 is 1.05 bits per heavy atom. The lowest BCUT2D eigenvalue weighted by Gasteiger charge is -2.40. The molecule has 1 fully saturated rings. The summed E-state index contributed by atoms with van der Waals surface area (Å²) in [4.78, 5) is 17.2. The van der Waals surface area contributed by atoms with E-state index in [0.29, 0.717) is 0 Å². The molecule has 3 heteroatoms. The largest absolute Gasteiger partial charge is 0.371 e. The number of fused-ring (bicyclic) bond motifs is 1. The van der Waals surface area contributed by atoms with Crippen molar-refractivity contribution in [1.82, 2.24) is 4.90 Å². The van der Waals surface area contributed by atoms with Gasteiger partial charge in [-0.15, -0.1) is 0 Å². The van der Waals surface area contributed by atoms with E-state index < -0.39 is 0 Å². The van der Waals surface area contributed by atoms with Gasteiger partial charge >= 0.3 is 0 Å². The fraction of sp³-hybridized carbons (Fsp3) is 0.588. The molecule has 0 spiro atoms. The number of amides is 1. The lowest BCUT2D eigenvalue weighted by atomic mass is 9.93. The first-order valence-corrected chi connectivity index (χ1v) is 7.67. The Hall–Kier alpha value is -1.51. The van der Waals surface area contributed by atoms with Gasteiger partial charge in [-0.1, -0.05) is 6.07 Å².